The number of H-pyrrole nitrogens is 1. The highest BCUT2D eigenvalue weighted by Gasteiger charge is 2.19. The van der Waals surface area contributed by atoms with Gasteiger partial charge in [0.25, 0.3) is 11.5 Å². The van der Waals surface area contributed by atoms with Crippen LogP contribution in [0.15, 0.2) is 35.1 Å². The molecule has 0 saturated heterocycles. The molecule has 6 nitrogen and oxygen atoms in total. The van der Waals surface area contributed by atoms with E-state index in [0.29, 0.717) is 5.69 Å². The molecule has 1 aromatic heterocycles. The van der Waals surface area contributed by atoms with Crippen LogP contribution in [0.25, 0.3) is 0 Å². The number of hydrogen-bond donors (Lipinski definition) is 3. The van der Waals surface area contributed by atoms with Gasteiger partial charge >= 0.3 is 5.97 Å². The second-order valence-electron chi connectivity index (χ2n) is 4.31. The predicted molar refractivity (Wildman–Crippen MR) is 73.1 cm³/mol. The van der Waals surface area contributed by atoms with Crippen molar-refractivity contribution in [3.63, 3.8) is 0 Å². The van der Waals surface area contributed by atoms with Crippen molar-refractivity contribution in [2.24, 2.45) is 0 Å². The van der Waals surface area contributed by atoms with Crippen LogP contribution in [0.3, 0.4) is 0 Å². The Kier molecular flexibility index (Phi) is 3.84. The highest BCUT2D eigenvalue weighted by atomic mass is 19.1. The molecule has 0 aliphatic heterocycles. The average Bonchev–Trinajstić information content (AvgIpc) is 2.37. The van der Waals surface area contributed by atoms with Crippen LogP contribution in [0.5, 0.6) is 0 Å². The third-order valence-corrected chi connectivity index (χ3v) is 2.78. The van der Waals surface area contributed by atoms with E-state index in [2.05, 4.69) is 10.3 Å². The van der Waals surface area contributed by atoms with Crippen LogP contribution >= 0.6 is 0 Å². The fraction of sp³-hybridized carbons (Fsp3) is 0.0714. The summed E-state index contributed by atoms with van der Waals surface area (Å²) < 4.78 is 13.5. The van der Waals surface area contributed by atoms with Gasteiger partial charge in [-0.2, -0.15) is 0 Å². The zero-order chi connectivity index (χ0) is 15.6. The molecule has 108 valence electrons. The first-order valence-electron chi connectivity index (χ1n) is 5.93. The Hall–Kier alpha value is -2.96. The quantitative estimate of drug-likeness (QED) is 0.802. The Balaban J connectivity index is 2.39. The number of benzene rings is 1. The van der Waals surface area contributed by atoms with Gasteiger partial charge in [-0.1, -0.05) is 6.07 Å². The maximum Gasteiger partial charge on any atom is 0.340 e. The smallest absolute Gasteiger partial charge is 0.340 e. The molecular weight excluding hydrogens is 279 g/mol. The molecule has 0 saturated carbocycles. The van der Waals surface area contributed by atoms with E-state index in [1.165, 1.54) is 24.3 Å². The standard InChI is InChI=1S/C14H11FN2O4/c1-7-5-6-8(12(18)16-7)13(19)17-10-4-2-3-9(15)11(10)14(20)21/h2-6H,1H3,(H,16,18)(H,17,19)(H,20,21). The fourth-order valence-electron chi connectivity index (χ4n) is 1.79. The zero-order valence-electron chi connectivity index (χ0n) is 10.9. The van der Waals surface area contributed by atoms with Gasteiger partial charge in [0.2, 0.25) is 0 Å². The van der Waals surface area contributed by atoms with E-state index in [1.54, 1.807) is 6.92 Å². The molecule has 0 unspecified atom stereocenters. The molecule has 3 N–H and O–H groups in total. The van der Waals surface area contributed by atoms with Crippen LogP contribution in [-0.2, 0) is 0 Å². The minimum absolute atomic E-state index is 0.193. The number of carboxylic acid groups (broad SMARTS) is 1. The Morgan fingerprint density at radius 3 is 2.57 bits per heavy atom. The Bertz CT molecular complexity index is 783. The summed E-state index contributed by atoms with van der Waals surface area (Å²) in [7, 11) is 0. The van der Waals surface area contributed by atoms with Crippen LogP contribution in [0.2, 0.25) is 0 Å². The summed E-state index contributed by atoms with van der Waals surface area (Å²) >= 11 is 0. The van der Waals surface area contributed by atoms with Crippen LogP contribution in [0, 0.1) is 12.7 Å². The molecule has 2 rings (SSSR count). The predicted octanol–water partition coefficient (Wildman–Crippen LogP) is 1.77. The van der Waals surface area contributed by atoms with E-state index >= 15 is 0 Å². The number of aromatic carboxylic acids is 1. The van der Waals surface area contributed by atoms with E-state index in [1.807, 2.05) is 0 Å². The molecule has 1 amide bonds. The SMILES string of the molecule is Cc1ccc(C(=O)Nc2cccc(F)c2C(=O)O)c(=O)[nH]1. The van der Waals surface area contributed by atoms with Gasteiger partial charge in [-0.25, -0.2) is 9.18 Å². The summed E-state index contributed by atoms with van der Waals surface area (Å²) in [4.78, 5) is 37.1. The van der Waals surface area contributed by atoms with Crippen molar-refractivity contribution in [1.29, 1.82) is 0 Å². The monoisotopic (exact) mass is 290 g/mol. The van der Waals surface area contributed by atoms with Crippen molar-refractivity contribution in [2.45, 2.75) is 6.92 Å². The highest BCUT2D eigenvalue weighted by Crippen LogP contribution is 2.19. The van der Waals surface area contributed by atoms with Gasteiger partial charge in [0.1, 0.15) is 16.9 Å². The fourth-order valence-corrected chi connectivity index (χ4v) is 1.79. The third-order valence-electron chi connectivity index (χ3n) is 2.78. The van der Waals surface area contributed by atoms with Gasteiger partial charge in [-0.05, 0) is 31.2 Å². The first kappa shape index (κ1) is 14.4. The van der Waals surface area contributed by atoms with Gasteiger partial charge in [0.05, 0.1) is 5.69 Å². The van der Waals surface area contributed by atoms with Crippen molar-refractivity contribution in [1.82, 2.24) is 4.98 Å². The Morgan fingerprint density at radius 1 is 1.24 bits per heavy atom. The number of halogens is 1. The minimum Gasteiger partial charge on any atom is -0.478 e. The molecule has 0 aliphatic rings. The molecule has 0 spiro atoms. The minimum atomic E-state index is -1.51. The Morgan fingerprint density at radius 2 is 1.95 bits per heavy atom. The highest BCUT2D eigenvalue weighted by molar-refractivity contribution is 6.07. The van der Waals surface area contributed by atoms with Crippen molar-refractivity contribution >= 4 is 17.6 Å². The summed E-state index contributed by atoms with van der Waals surface area (Å²) in [6.07, 6.45) is 0. The number of aromatic nitrogens is 1. The van der Waals surface area contributed by atoms with Gasteiger partial charge in [-0.15, -0.1) is 0 Å². The molecule has 1 heterocycles. The third kappa shape index (κ3) is 2.97. The zero-order valence-corrected chi connectivity index (χ0v) is 10.9. The molecule has 0 fully saturated rings. The molecule has 1 aromatic carbocycles. The maximum atomic E-state index is 13.5. The molecule has 0 radical (unpaired) electrons. The number of nitrogens with one attached hydrogen (secondary N) is 2. The number of carbonyl (C=O) groups is 2. The first-order valence-corrected chi connectivity index (χ1v) is 5.93. The lowest BCUT2D eigenvalue weighted by atomic mass is 10.1. The molecule has 2 aromatic rings. The lowest BCUT2D eigenvalue weighted by Crippen LogP contribution is -2.24. The lowest BCUT2D eigenvalue weighted by molar-refractivity contribution is 0.0693. The molecule has 21 heavy (non-hydrogen) atoms. The summed E-state index contributed by atoms with van der Waals surface area (Å²) in [5.74, 6) is -3.30. The number of carbonyl (C=O) groups excluding carboxylic acids is 1. The Labute approximate surface area is 118 Å². The number of carboxylic acids is 1. The van der Waals surface area contributed by atoms with Crippen molar-refractivity contribution in [3.8, 4) is 0 Å². The maximum absolute atomic E-state index is 13.5. The molecule has 0 aliphatic carbocycles. The van der Waals surface area contributed by atoms with Crippen molar-refractivity contribution in [3.05, 3.63) is 63.3 Å². The van der Waals surface area contributed by atoms with Crippen LogP contribution in [0.4, 0.5) is 10.1 Å². The average molecular weight is 290 g/mol. The summed E-state index contributed by atoms with van der Waals surface area (Å²) in [5.41, 5.74) is -1.10. The summed E-state index contributed by atoms with van der Waals surface area (Å²) in [6.45, 7) is 1.65. The van der Waals surface area contributed by atoms with E-state index in [9.17, 15) is 18.8 Å². The normalized spacial score (nSPS) is 10.2. The molecular formula is C14H11FN2O4. The van der Waals surface area contributed by atoms with E-state index in [4.69, 9.17) is 5.11 Å². The lowest BCUT2D eigenvalue weighted by Gasteiger charge is -2.08. The van der Waals surface area contributed by atoms with Crippen LogP contribution in [-0.4, -0.2) is 22.0 Å². The van der Waals surface area contributed by atoms with Crippen LogP contribution < -0.4 is 10.9 Å². The largest absolute Gasteiger partial charge is 0.478 e. The second-order valence-corrected chi connectivity index (χ2v) is 4.31. The molecule has 0 bridgehead atoms. The molecule has 7 heteroatoms. The topological polar surface area (TPSA) is 99.3 Å². The van der Waals surface area contributed by atoms with E-state index < -0.39 is 28.8 Å². The van der Waals surface area contributed by atoms with Crippen molar-refractivity contribution < 1.29 is 19.1 Å². The summed E-state index contributed by atoms with van der Waals surface area (Å²) in [6, 6.07) is 6.31. The number of anilines is 1. The molecule has 0 atom stereocenters. The van der Waals surface area contributed by atoms with E-state index in [0.717, 1.165) is 6.07 Å². The van der Waals surface area contributed by atoms with E-state index in [-0.39, 0.29) is 11.3 Å². The second kappa shape index (κ2) is 5.58. The number of aromatic amines is 1. The van der Waals surface area contributed by atoms with Gasteiger partial charge < -0.3 is 15.4 Å². The number of aryl methyl sites for hydroxylation is 1. The number of amides is 1. The van der Waals surface area contributed by atoms with Gasteiger partial charge in [-0.3, -0.25) is 9.59 Å². The van der Waals surface area contributed by atoms with Gasteiger partial charge in [0.15, 0.2) is 0 Å². The summed E-state index contributed by atoms with van der Waals surface area (Å²) in [5, 5.41) is 11.2. The van der Waals surface area contributed by atoms with Crippen molar-refractivity contribution in [2.75, 3.05) is 5.32 Å². The number of rotatable bonds is 3. The number of hydrogen-bond acceptors (Lipinski definition) is 3. The van der Waals surface area contributed by atoms with Gasteiger partial charge in [0, 0.05) is 5.69 Å². The first-order chi connectivity index (χ1) is 9.90. The number of pyridine rings is 1. The van der Waals surface area contributed by atoms with Crippen LogP contribution in [0.1, 0.15) is 26.4 Å².